The zero-order valence-electron chi connectivity index (χ0n) is 75.8. The maximum atomic E-state index is 12.7. The van der Waals surface area contributed by atoms with Gasteiger partial charge >= 0.3 is 17.9 Å². The van der Waals surface area contributed by atoms with Crippen molar-refractivity contribution in [2.45, 2.75) is 136 Å². The van der Waals surface area contributed by atoms with Gasteiger partial charge in [-0.05, 0) is 245 Å². The topological polar surface area (TPSA) is 251 Å². The van der Waals surface area contributed by atoms with Crippen LogP contribution in [0.15, 0.2) is 164 Å². The number of likely N-dealkylation sites (N-methyl/N-ethyl adjacent to an activating group) is 3. The zero-order valence-corrected chi connectivity index (χ0v) is 80.5. The first-order chi connectivity index (χ1) is 61.2. The van der Waals surface area contributed by atoms with Gasteiger partial charge in [-0.3, -0.25) is 28.7 Å². The van der Waals surface area contributed by atoms with Crippen molar-refractivity contribution in [3.05, 3.63) is 229 Å². The second-order valence-electron chi connectivity index (χ2n) is 36.9. The Hall–Kier alpha value is -10.5. The number of benzene rings is 9. The van der Waals surface area contributed by atoms with Crippen LogP contribution in [0.2, 0.25) is 15.1 Å². The predicted molar refractivity (Wildman–Crippen MR) is 523 cm³/mol. The Morgan fingerprint density at radius 2 is 0.620 bits per heavy atom. The molecule has 24 nitrogen and oxygen atoms in total. The summed E-state index contributed by atoms with van der Waals surface area (Å²) in [4.78, 5) is 67.6. The molecule has 3 fully saturated rings. The van der Waals surface area contributed by atoms with Crippen LogP contribution >= 0.6 is 68.8 Å². The Balaban J connectivity index is 0.000000142. The summed E-state index contributed by atoms with van der Waals surface area (Å²) in [5, 5.41) is 52.3. The molecule has 15 aromatic rings. The molecule has 672 valence electrons. The van der Waals surface area contributed by atoms with Crippen molar-refractivity contribution in [1.29, 1.82) is 0 Å². The molecule has 6 atom stereocenters. The molecular weight excluding hydrogens is 1750 g/mol. The molecule has 3 aliphatic heterocycles. The number of piperazine rings is 3. The summed E-state index contributed by atoms with van der Waals surface area (Å²) in [6.45, 7) is 30.2. The largest absolute Gasteiger partial charge is 0.479 e. The number of aryl methyl sites for hydroxylation is 6. The van der Waals surface area contributed by atoms with E-state index < -0.39 is 53.0 Å². The van der Waals surface area contributed by atoms with E-state index in [1.807, 2.05) is 228 Å². The Kier molecular flexibility index (Phi) is 26.1. The van der Waals surface area contributed by atoms with Crippen LogP contribution in [-0.4, -0.2) is 189 Å². The van der Waals surface area contributed by atoms with Crippen LogP contribution in [0.5, 0.6) is 0 Å². The number of hydrogen-bond donors (Lipinski definition) is 3. The average molecular weight is 1850 g/mol. The summed E-state index contributed by atoms with van der Waals surface area (Å²) < 4.78 is 27.0. The van der Waals surface area contributed by atoms with E-state index in [0.717, 1.165) is 188 Å². The van der Waals surface area contributed by atoms with E-state index in [-0.39, 0.29) is 18.1 Å². The Bertz CT molecular complexity index is 6110. The molecule has 0 amide bonds. The normalized spacial score (nSPS) is 17.2. The van der Waals surface area contributed by atoms with E-state index in [1.54, 1.807) is 34.0 Å². The number of halogens is 3. The third kappa shape index (κ3) is 19.5. The number of aromatic nitrogens is 9. The van der Waals surface area contributed by atoms with Crippen molar-refractivity contribution in [1.82, 2.24) is 59.0 Å². The molecule has 18 rings (SSSR count). The van der Waals surface area contributed by atoms with Gasteiger partial charge in [0.1, 0.15) is 0 Å². The molecule has 3 saturated heterocycles. The van der Waals surface area contributed by atoms with Gasteiger partial charge < -0.3 is 44.2 Å². The van der Waals surface area contributed by atoms with Gasteiger partial charge in [-0.2, -0.15) is 15.3 Å². The van der Waals surface area contributed by atoms with Gasteiger partial charge in [-0.15, -0.1) is 0 Å². The van der Waals surface area contributed by atoms with Crippen LogP contribution < -0.4 is 14.7 Å². The molecule has 0 bridgehead atoms. The Labute approximate surface area is 777 Å². The lowest BCUT2D eigenvalue weighted by molar-refractivity contribution is -0.161. The van der Waals surface area contributed by atoms with E-state index in [9.17, 15) is 29.7 Å². The van der Waals surface area contributed by atoms with Crippen molar-refractivity contribution in [3.8, 4) is 33.4 Å². The molecule has 3 aliphatic rings. The van der Waals surface area contributed by atoms with Gasteiger partial charge in [0.05, 0.1) is 101 Å². The second kappa shape index (κ2) is 36.7. The third-order valence-electron chi connectivity index (χ3n) is 24.2. The number of fused-ring (bicyclic) bond motifs is 6. The standard InChI is InChI=1S/3C33H36ClN5O3S/c3*1-19-15-24-30(28(20-7-10-23(34)11-8-20)27(19)29(31(40)41)42-33(2,3)4)43-32(36-24)39-14-13-37(5)26(18-39)21-9-12-25-22(16-21)17-35-38(25)6/h3*7-12,15-17,26,29H,13-14,18H2,1-6H3,(H,40,41)/t26?,29-;26-,29+;26-,29-/m010/s1. The number of nitrogens with zero attached hydrogens (tertiary/aromatic N) is 15. The molecule has 0 radical (unpaired) electrons. The Morgan fingerprint density at radius 1 is 0.372 bits per heavy atom. The van der Waals surface area contributed by atoms with Crippen LogP contribution in [0, 0.1) is 20.8 Å². The molecule has 9 heterocycles. The minimum Gasteiger partial charge on any atom is -0.479 e. The fourth-order valence-electron chi connectivity index (χ4n) is 17.9. The summed E-state index contributed by atoms with van der Waals surface area (Å²) in [6, 6.07) is 48.9. The lowest BCUT2D eigenvalue weighted by atomic mass is 9.91. The number of aliphatic carboxylic acids is 3. The van der Waals surface area contributed by atoms with Crippen LogP contribution in [-0.2, 0) is 49.7 Å². The van der Waals surface area contributed by atoms with Gasteiger partial charge in [0.15, 0.2) is 33.7 Å². The summed E-state index contributed by atoms with van der Waals surface area (Å²) >= 11 is 23.6. The maximum absolute atomic E-state index is 12.7. The first kappa shape index (κ1) is 91.8. The molecule has 6 aromatic heterocycles. The molecule has 9 aromatic carbocycles. The second-order valence-corrected chi connectivity index (χ2v) is 41.2. The molecule has 0 aliphatic carbocycles. The summed E-state index contributed by atoms with van der Waals surface area (Å²) in [5.41, 5.74) is 17.2. The highest BCUT2D eigenvalue weighted by Gasteiger charge is 2.39. The fraction of sp³-hybridized carbons (Fsp3) is 0.364. The van der Waals surface area contributed by atoms with Crippen LogP contribution in [0.25, 0.3) is 96.7 Å². The molecule has 0 spiro atoms. The maximum Gasteiger partial charge on any atom is 0.337 e. The van der Waals surface area contributed by atoms with Crippen molar-refractivity contribution in [2.24, 2.45) is 21.1 Å². The number of thiazole rings is 3. The number of carboxylic acids is 3. The first-order valence-electron chi connectivity index (χ1n) is 43.1. The zero-order chi connectivity index (χ0) is 91.9. The van der Waals surface area contributed by atoms with Crippen molar-refractivity contribution >= 4 is 165 Å². The highest BCUT2D eigenvalue weighted by atomic mass is 35.5. The van der Waals surface area contributed by atoms with E-state index in [4.69, 9.17) is 64.0 Å². The van der Waals surface area contributed by atoms with Crippen molar-refractivity contribution in [3.63, 3.8) is 0 Å². The third-order valence-corrected chi connectivity index (χ3v) is 28.4. The van der Waals surface area contributed by atoms with Crippen molar-refractivity contribution < 1.29 is 43.9 Å². The van der Waals surface area contributed by atoms with Gasteiger partial charge in [0, 0.05) is 145 Å². The smallest absolute Gasteiger partial charge is 0.337 e. The predicted octanol–water partition coefficient (Wildman–Crippen LogP) is 21.7. The van der Waals surface area contributed by atoms with E-state index in [1.165, 1.54) is 16.7 Å². The highest BCUT2D eigenvalue weighted by Crippen LogP contribution is 2.50. The monoisotopic (exact) mass is 1850 g/mol. The molecule has 0 saturated carbocycles. The first-order valence-corrected chi connectivity index (χ1v) is 46.7. The summed E-state index contributed by atoms with van der Waals surface area (Å²) in [5.74, 6) is -3.07. The van der Waals surface area contributed by atoms with Crippen LogP contribution in [0.3, 0.4) is 0 Å². The lowest BCUT2D eigenvalue weighted by Gasteiger charge is -2.39. The molecule has 1 unspecified atom stereocenters. The SMILES string of the molecule is Cc1cc2nc(N3CCN(C)C(c4ccc5c(cnn5C)c4)C3)sc2c(-c2ccc(Cl)cc2)c1[C@H](OC(C)(C)C)C(=O)O.Cc1cc2nc(N3CCN(C)[C@@H](c4ccc5c(cnn5C)c4)C3)sc2c(-c2ccc(Cl)cc2)c1[C@H](OC(C)(C)C)C(=O)O.Cc1cc2nc(N3CCN(C)[C@H](c4ccc5c(cnn5C)c4)C3)sc2c(-c2ccc(Cl)cc2)c1[C@H](OC(C)(C)C)C(=O)O. The lowest BCUT2D eigenvalue weighted by Crippen LogP contribution is -2.46. The molecule has 3 N–H and O–H groups in total. The van der Waals surface area contributed by atoms with Gasteiger partial charge in [0.25, 0.3) is 0 Å². The van der Waals surface area contributed by atoms with E-state index in [0.29, 0.717) is 31.8 Å². The highest BCUT2D eigenvalue weighted by molar-refractivity contribution is 7.23. The Morgan fingerprint density at radius 3 is 0.853 bits per heavy atom. The summed E-state index contributed by atoms with van der Waals surface area (Å²) in [6.07, 6.45) is 2.32. The summed E-state index contributed by atoms with van der Waals surface area (Å²) in [7, 11) is 12.4. The minimum absolute atomic E-state index is 0.190. The molecular formula is C99H108Cl3N15O9S3. The van der Waals surface area contributed by atoms with E-state index in [2.05, 4.69) is 120 Å². The molecule has 30 heteroatoms. The quantitative estimate of drug-likeness (QED) is 0.0722. The average Bonchev–Trinajstić information content (AvgIpc) is 1.67. The number of carbonyl (C=O) groups is 3. The van der Waals surface area contributed by atoms with Crippen molar-refractivity contribution in [2.75, 3.05) is 94.7 Å². The van der Waals surface area contributed by atoms with Crippen LogP contribution in [0.1, 0.15) is 149 Å². The fourth-order valence-corrected chi connectivity index (χ4v) is 21.7. The van der Waals surface area contributed by atoms with Gasteiger partial charge in [-0.25, -0.2) is 29.3 Å². The number of ether oxygens (including phenoxy) is 3. The van der Waals surface area contributed by atoms with Gasteiger partial charge in [-0.1, -0.05) is 123 Å². The number of rotatable bonds is 18. The number of carboxylic acid groups (broad SMARTS) is 3. The van der Waals surface area contributed by atoms with E-state index >= 15 is 0 Å². The number of hydrogen-bond acceptors (Lipinski definition) is 21. The molecule has 129 heavy (non-hydrogen) atoms. The number of anilines is 3. The van der Waals surface area contributed by atoms with Gasteiger partial charge in [0.2, 0.25) is 0 Å². The van der Waals surface area contributed by atoms with Crippen LogP contribution in [0.4, 0.5) is 15.4 Å². The minimum atomic E-state index is -1.14.